The Kier molecular flexibility index (Phi) is 7.11. The topological polar surface area (TPSA) is 84.5 Å². The maximum atomic E-state index is 11.9. The molecule has 1 aromatic carbocycles. The lowest BCUT2D eigenvalue weighted by atomic mass is 10.2. The number of carbonyl (C=O) groups excluding carboxylic acids is 3. The number of benzene rings is 1. The number of thioether (sulfide) groups is 1. The summed E-state index contributed by atoms with van der Waals surface area (Å²) in [6.45, 7) is 1.25. The van der Waals surface area contributed by atoms with E-state index >= 15 is 0 Å². The first kappa shape index (κ1) is 18.3. The molecule has 1 atom stereocenters. The van der Waals surface area contributed by atoms with E-state index in [-0.39, 0.29) is 6.04 Å². The van der Waals surface area contributed by atoms with Crippen molar-refractivity contribution < 1.29 is 19.1 Å². The average molecular weight is 350 g/mol. The molecule has 0 saturated heterocycles. The van der Waals surface area contributed by atoms with E-state index in [1.54, 1.807) is 6.92 Å². The maximum Gasteiger partial charge on any atom is 0.321 e. The van der Waals surface area contributed by atoms with Gasteiger partial charge in [0.1, 0.15) is 5.25 Å². The van der Waals surface area contributed by atoms with Crippen molar-refractivity contribution in [1.82, 2.24) is 10.6 Å². The molecule has 1 aliphatic rings. The molecule has 0 aliphatic heterocycles. The number of urea groups is 1. The van der Waals surface area contributed by atoms with E-state index in [1.807, 2.05) is 30.3 Å². The Balaban J connectivity index is 1.66. The molecule has 0 radical (unpaired) electrons. The normalized spacial score (nSPS) is 15.5. The summed E-state index contributed by atoms with van der Waals surface area (Å²) < 4.78 is 4.96. The fourth-order valence-corrected chi connectivity index (χ4v) is 3.35. The zero-order valence-electron chi connectivity index (χ0n) is 13.6. The molecule has 1 aromatic rings. The number of nitrogens with one attached hydrogen (secondary N) is 2. The van der Waals surface area contributed by atoms with Gasteiger partial charge in [-0.25, -0.2) is 4.79 Å². The molecule has 7 heteroatoms. The third kappa shape index (κ3) is 6.23. The van der Waals surface area contributed by atoms with Gasteiger partial charge in [0.15, 0.2) is 6.61 Å². The van der Waals surface area contributed by atoms with Crippen molar-refractivity contribution in [1.29, 1.82) is 0 Å². The monoisotopic (exact) mass is 350 g/mol. The van der Waals surface area contributed by atoms with Crippen LogP contribution in [0.25, 0.3) is 0 Å². The van der Waals surface area contributed by atoms with Gasteiger partial charge in [0.2, 0.25) is 0 Å². The Morgan fingerprint density at radius 1 is 1.21 bits per heavy atom. The molecule has 2 rings (SSSR count). The van der Waals surface area contributed by atoms with Gasteiger partial charge >= 0.3 is 12.0 Å². The number of rotatable bonds is 6. The van der Waals surface area contributed by atoms with Crippen LogP contribution in [-0.4, -0.2) is 35.8 Å². The third-order valence-electron chi connectivity index (χ3n) is 3.68. The van der Waals surface area contributed by atoms with Crippen LogP contribution in [0.3, 0.4) is 0 Å². The molecule has 0 spiro atoms. The van der Waals surface area contributed by atoms with Crippen LogP contribution in [0, 0.1) is 0 Å². The summed E-state index contributed by atoms with van der Waals surface area (Å²) in [5.41, 5.74) is 0. The van der Waals surface area contributed by atoms with Gasteiger partial charge in [0.05, 0.1) is 0 Å². The van der Waals surface area contributed by atoms with Crippen LogP contribution in [0.15, 0.2) is 35.2 Å². The molecule has 130 valence electrons. The van der Waals surface area contributed by atoms with Crippen LogP contribution in [0.1, 0.15) is 32.6 Å². The molecule has 0 heterocycles. The highest BCUT2D eigenvalue weighted by molar-refractivity contribution is 8.00. The quantitative estimate of drug-likeness (QED) is 0.608. The summed E-state index contributed by atoms with van der Waals surface area (Å²) in [5.74, 6) is -1.12. The van der Waals surface area contributed by atoms with Gasteiger partial charge in [-0.1, -0.05) is 31.0 Å². The standard InChI is InChI=1S/C17H22N2O4S/c1-12(24-14-9-3-2-4-10-14)16(21)23-11-15(20)19-17(22)18-13-7-5-6-8-13/h2-4,9-10,12-13H,5-8,11H2,1H3,(H2,18,19,20,22)/t12-/m1/s1. The number of ether oxygens (including phenoxy) is 1. The Hall–Kier alpha value is -2.02. The summed E-state index contributed by atoms with van der Waals surface area (Å²) in [7, 11) is 0. The molecule has 3 amide bonds. The van der Waals surface area contributed by atoms with Crippen LogP contribution in [-0.2, 0) is 14.3 Å². The van der Waals surface area contributed by atoms with Gasteiger partial charge in [-0.3, -0.25) is 14.9 Å². The molecule has 0 aromatic heterocycles. The second kappa shape index (κ2) is 9.32. The molecule has 1 saturated carbocycles. The Morgan fingerprint density at radius 3 is 2.54 bits per heavy atom. The highest BCUT2D eigenvalue weighted by Gasteiger charge is 2.20. The van der Waals surface area contributed by atoms with Gasteiger partial charge in [-0.15, -0.1) is 11.8 Å². The van der Waals surface area contributed by atoms with Crippen molar-refractivity contribution in [2.75, 3.05) is 6.61 Å². The van der Waals surface area contributed by atoms with Crippen LogP contribution in [0.5, 0.6) is 0 Å². The predicted molar refractivity (Wildman–Crippen MR) is 91.7 cm³/mol. The van der Waals surface area contributed by atoms with Gasteiger partial charge in [-0.05, 0) is 31.9 Å². The number of amides is 3. The van der Waals surface area contributed by atoms with E-state index in [4.69, 9.17) is 4.74 Å². The number of hydrogen-bond acceptors (Lipinski definition) is 5. The first-order valence-corrected chi connectivity index (χ1v) is 8.91. The number of hydrogen-bond donors (Lipinski definition) is 2. The molecule has 1 aliphatic carbocycles. The number of esters is 1. The molecule has 2 N–H and O–H groups in total. The summed E-state index contributed by atoms with van der Waals surface area (Å²) >= 11 is 1.35. The molecule has 0 bridgehead atoms. The van der Waals surface area contributed by atoms with Crippen molar-refractivity contribution in [3.05, 3.63) is 30.3 Å². The number of imide groups is 1. The molecule has 1 fully saturated rings. The van der Waals surface area contributed by atoms with E-state index in [2.05, 4.69) is 10.6 Å². The number of carbonyl (C=O) groups is 3. The zero-order chi connectivity index (χ0) is 17.4. The molecular weight excluding hydrogens is 328 g/mol. The Labute approximate surface area is 145 Å². The largest absolute Gasteiger partial charge is 0.455 e. The van der Waals surface area contributed by atoms with E-state index in [0.29, 0.717) is 0 Å². The summed E-state index contributed by atoms with van der Waals surface area (Å²) in [4.78, 5) is 36.1. The van der Waals surface area contributed by atoms with Crippen molar-refractivity contribution in [2.45, 2.75) is 48.8 Å². The fraction of sp³-hybridized carbons (Fsp3) is 0.471. The van der Waals surface area contributed by atoms with E-state index in [0.717, 1.165) is 30.6 Å². The first-order valence-electron chi connectivity index (χ1n) is 8.03. The first-order chi connectivity index (χ1) is 11.5. The lowest BCUT2D eigenvalue weighted by molar-refractivity contribution is -0.147. The van der Waals surface area contributed by atoms with Crippen molar-refractivity contribution in [3.8, 4) is 0 Å². The van der Waals surface area contributed by atoms with E-state index in [9.17, 15) is 14.4 Å². The van der Waals surface area contributed by atoms with Gasteiger partial charge in [-0.2, -0.15) is 0 Å². The summed E-state index contributed by atoms with van der Waals surface area (Å²) in [6, 6.07) is 9.06. The molecular formula is C17H22N2O4S. The Bertz CT molecular complexity index is 573. The maximum absolute atomic E-state index is 11.9. The van der Waals surface area contributed by atoms with Gasteiger partial charge in [0, 0.05) is 10.9 Å². The second-order valence-corrected chi connectivity index (χ2v) is 7.10. The molecule has 24 heavy (non-hydrogen) atoms. The predicted octanol–water partition coefficient (Wildman–Crippen LogP) is 2.48. The third-order valence-corrected chi connectivity index (χ3v) is 4.77. The van der Waals surface area contributed by atoms with E-state index in [1.165, 1.54) is 11.8 Å². The minimum atomic E-state index is -0.629. The van der Waals surface area contributed by atoms with Crippen LogP contribution >= 0.6 is 11.8 Å². The lowest BCUT2D eigenvalue weighted by Crippen LogP contribution is -2.45. The Morgan fingerprint density at radius 2 is 1.88 bits per heavy atom. The summed E-state index contributed by atoms with van der Waals surface area (Å²) in [5, 5.41) is 4.48. The van der Waals surface area contributed by atoms with E-state index < -0.39 is 29.8 Å². The molecule has 6 nitrogen and oxygen atoms in total. The van der Waals surface area contributed by atoms with Gasteiger partial charge in [0.25, 0.3) is 5.91 Å². The lowest BCUT2D eigenvalue weighted by Gasteiger charge is -2.13. The minimum absolute atomic E-state index is 0.127. The highest BCUT2D eigenvalue weighted by Crippen LogP contribution is 2.23. The average Bonchev–Trinajstić information content (AvgIpc) is 3.06. The minimum Gasteiger partial charge on any atom is -0.455 e. The van der Waals surface area contributed by atoms with Crippen LogP contribution in [0.2, 0.25) is 0 Å². The van der Waals surface area contributed by atoms with Crippen molar-refractivity contribution >= 4 is 29.7 Å². The van der Waals surface area contributed by atoms with Gasteiger partial charge < -0.3 is 10.1 Å². The zero-order valence-corrected chi connectivity index (χ0v) is 14.4. The molecule has 0 unspecified atom stereocenters. The van der Waals surface area contributed by atoms with Crippen LogP contribution in [0.4, 0.5) is 4.79 Å². The van der Waals surface area contributed by atoms with Crippen molar-refractivity contribution in [3.63, 3.8) is 0 Å². The highest BCUT2D eigenvalue weighted by atomic mass is 32.2. The smallest absolute Gasteiger partial charge is 0.321 e. The second-order valence-electron chi connectivity index (χ2n) is 5.68. The summed E-state index contributed by atoms with van der Waals surface area (Å²) in [6.07, 6.45) is 4.05. The van der Waals surface area contributed by atoms with Crippen LogP contribution < -0.4 is 10.6 Å². The van der Waals surface area contributed by atoms with Crippen molar-refractivity contribution in [2.24, 2.45) is 0 Å². The SMILES string of the molecule is C[C@@H](Sc1ccccc1)C(=O)OCC(=O)NC(=O)NC1CCCC1. The fourth-order valence-electron chi connectivity index (χ4n) is 2.46.